The van der Waals surface area contributed by atoms with Crippen LogP contribution in [-0.4, -0.2) is 56.1 Å². The Bertz CT molecular complexity index is 603. The molecule has 2 rings (SSSR count). The van der Waals surface area contributed by atoms with Crippen molar-refractivity contribution in [3.05, 3.63) is 29.3 Å². The summed E-state index contributed by atoms with van der Waals surface area (Å²) in [6.07, 6.45) is 1.11. The summed E-state index contributed by atoms with van der Waals surface area (Å²) in [7, 11) is 1.63. The monoisotopic (exact) mass is 351 g/mol. The van der Waals surface area contributed by atoms with Gasteiger partial charge in [-0.2, -0.15) is 0 Å². The van der Waals surface area contributed by atoms with Crippen LogP contribution < -0.4 is 10.1 Å². The van der Waals surface area contributed by atoms with Crippen LogP contribution in [0.1, 0.15) is 24.0 Å². The van der Waals surface area contributed by atoms with Gasteiger partial charge in [-0.1, -0.05) is 12.1 Å². The van der Waals surface area contributed by atoms with E-state index in [1.54, 1.807) is 7.11 Å². The molecule has 1 aromatic carbocycles. The maximum atomic E-state index is 12.2. The molecule has 0 saturated carbocycles. The fraction of sp³-hybridized carbons (Fsp3) is 0.556. The SMILES string of the molecule is COc1cc(CCC(=O)N[C@@H]2CCOC[C@H]2OCC(=O)O)ccc1C. The maximum Gasteiger partial charge on any atom is 0.329 e. The zero-order chi connectivity index (χ0) is 18.2. The Morgan fingerprint density at radius 3 is 2.92 bits per heavy atom. The molecule has 25 heavy (non-hydrogen) atoms. The van der Waals surface area contributed by atoms with Gasteiger partial charge in [-0.25, -0.2) is 4.79 Å². The summed E-state index contributed by atoms with van der Waals surface area (Å²) in [6, 6.07) is 5.67. The number of hydrogen-bond acceptors (Lipinski definition) is 5. The van der Waals surface area contributed by atoms with Gasteiger partial charge in [0.25, 0.3) is 0 Å². The van der Waals surface area contributed by atoms with Crippen molar-refractivity contribution in [2.45, 2.75) is 38.3 Å². The molecule has 0 spiro atoms. The largest absolute Gasteiger partial charge is 0.496 e. The van der Waals surface area contributed by atoms with Crippen molar-refractivity contribution in [3.63, 3.8) is 0 Å². The van der Waals surface area contributed by atoms with Crippen molar-refractivity contribution in [2.75, 3.05) is 26.9 Å². The summed E-state index contributed by atoms with van der Waals surface area (Å²) in [5.74, 6) is -0.316. The number of carboxylic acid groups (broad SMARTS) is 1. The molecule has 0 aromatic heterocycles. The molecule has 138 valence electrons. The van der Waals surface area contributed by atoms with Crippen molar-refractivity contribution >= 4 is 11.9 Å². The Hall–Kier alpha value is -2.12. The molecule has 1 aliphatic rings. The molecule has 0 aliphatic carbocycles. The van der Waals surface area contributed by atoms with Crippen molar-refractivity contribution < 1.29 is 28.9 Å². The average Bonchev–Trinajstić information content (AvgIpc) is 2.60. The highest BCUT2D eigenvalue weighted by Gasteiger charge is 2.28. The van der Waals surface area contributed by atoms with Crippen LogP contribution in [0, 0.1) is 6.92 Å². The van der Waals surface area contributed by atoms with Crippen molar-refractivity contribution in [1.82, 2.24) is 5.32 Å². The van der Waals surface area contributed by atoms with Crippen LogP contribution >= 0.6 is 0 Å². The number of methoxy groups -OCH3 is 1. The topological polar surface area (TPSA) is 94.1 Å². The first kappa shape index (κ1) is 19.2. The average molecular weight is 351 g/mol. The summed E-state index contributed by atoms with van der Waals surface area (Å²) in [4.78, 5) is 22.9. The van der Waals surface area contributed by atoms with Crippen LogP contribution in [0.3, 0.4) is 0 Å². The first-order valence-corrected chi connectivity index (χ1v) is 8.33. The van der Waals surface area contributed by atoms with Crippen molar-refractivity contribution in [2.24, 2.45) is 0 Å². The number of amides is 1. The maximum absolute atomic E-state index is 12.2. The first-order chi connectivity index (χ1) is 12.0. The number of nitrogens with one attached hydrogen (secondary N) is 1. The van der Waals surface area contributed by atoms with E-state index in [0.29, 0.717) is 25.9 Å². The Kier molecular flexibility index (Phi) is 7.21. The molecule has 0 unspecified atom stereocenters. The predicted octanol–water partition coefficient (Wildman–Crippen LogP) is 1.31. The molecule has 1 aliphatic heterocycles. The van der Waals surface area contributed by atoms with E-state index in [1.807, 2.05) is 25.1 Å². The zero-order valence-corrected chi connectivity index (χ0v) is 14.6. The normalized spacial score (nSPS) is 20.1. The molecule has 1 heterocycles. The number of hydrogen-bond donors (Lipinski definition) is 2. The second kappa shape index (κ2) is 9.39. The van der Waals surface area contributed by atoms with Gasteiger partial charge in [-0.05, 0) is 37.0 Å². The number of benzene rings is 1. The van der Waals surface area contributed by atoms with Gasteiger partial charge < -0.3 is 24.6 Å². The molecule has 1 fully saturated rings. The number of aryl methyl sites for hydroxylation is 2. The van der Waals surface area contributed by atoms with E-state index >= 15 is 0 Å². The highest BCUT2D eigenvalue weighted by Crippen LogP contribution is 2.20. The number of carbonyl (C=O) groups excluding carboxylic acids is 1. The van der Waals surface area contributed by atoms with Gasteiger partial charge in [0.2, 0.25) is 5.91 Å². The van der Waals surface area contributed by atoms with E-state index in [0.717, 1.165) is 16.9 Å². The fourth-order valence-electron chi connectivity index (χ4n) is 2.78. The molecule has 1 amide bonds. The lowest BCUT2D eigenvalue weighted by molar-refractivity contribution is -0.149. The highest BCUT2D eigenvalue weighted by atomic mass is 16.5. The van der Waals surface area contributed by atoms with Gasteiger partial charge in [0.1, 0.15) is 18.5 Å². The van der Waals surface area contributed by atoms with Gasteiger partial charge >= 0.3 is 5.97 Å². The van der Waals surface area contributed by atoms with Crippen molar-refractivity contribution in [3.8, 4) is 5.75 Å². The van der Waals surface area contributed by atoms with E-state index in [2.05, 4.69) is 5.32 Å². The predicted molar refractivity (Wildman–Crippen MR) is 90.8 cm³/mol. The van der Waals surface area contributed by atoms with E-state index in [4.69, 9.17) is 19.3 Å². The smallest absolute Gasteiger partial charge is 0.329 e. The number of carboxylic acids is 1. The van der Waals surface area contributed by atoms with Crippen LogP contribution in [0.5, 0.6) is 5.75 Å². The van der Waals surface area contributed by atoms with Crippen LogP contribution in [0.15, 0.2) is 18.2 Å². The third-order valence-corrected chi connectivity index (χ3v) is 4.18. The van der Waals surface area contributed by atoms with Gasteiger partial charge in [-0.15, -0.1) is 0 Å². The molecule has 2 N–H and O–H groups in total. The van der Waals surface area contributed by atoms with Crippen LogP contribution in [0.2, 0.25) is 0 Å². The Morgan fingerprint density at radius 2 is 2.20 bits per heavy atom. The third-order valence-electron chi connectivity index (χ3n) is 4.18. The second-order valence-corrected chi connectivity index (χ2v) is 6.08. The van der Waals surface area contributed by atoms with Gasteiger partial charge in [0, 0.05) is 13.0 Å². The fourth-order valence-corrected chi connectivity index (χ4v) is 2.78. The van der Waals surface area contributed by atoms with Gasteiger partial charge in [0.05, 0.1) is 19.8 Å². The molecule has 0 radical (unpaired) electrons. The van der Waals surface area contributed by atoms with Crippen LogP contribution in [0.4, 0.5) is 0 Å². The molecule has 0 bridgehead atoms. The lowest BCUT2D eigenvalue weighted by Gasteiger charge is -2.31. The molecular weight excluding hydrogens is 326 g/mol. The summed E-state index contributed by atoms with van der Waals surface area (Å²) in [5.41, 5.74) is 2.08. The molecule has 2 atom stereocenters. The lowest BCUT2D eigenvalue weighted by Crippen LogP contribution is -2.50. The third kappa shape index (κ3) is 6.03. The summed E-state index contributed by atoms with van der Waals surface area (Å²) >= 11 is 0. The lowest BCUT2D eigenvalue weighted by atomic mass is 10.0. The van der Waals surface area contributed by atoms with E-state index in [9.17, 15) is 9.59 Å². The first-order valence-electron chi connectivity index (χ1n) is 8.33. The number of aliphatic carboxylic acids is 1. The minimum atomic E-state index is -1.04. The molecular formula is C18H25NO6. The van der Waals surface area contributed by atoms with E-state index in [-0.39, 0.29) is 18.6 Å². The molecule has 1 aromatic rings. The Morgan fingerprint density at radius 1 is 1.40 bits per heavy atom. The summed E-state index contributed by atoms with van der Waals surface area (Å²) in [5, 5.41) is 11.7. The van der Waals surface area contributed by atoms with E-state index < -0.39 is 18.7 Å². The standard InChI is InChI=1S/C18H25NO6/c1-12-3-4-13(9-15(12)23-2)5-6-17(20)19-14-7-8-24-10-16(14)25-11-18(21)22/h3-4,9,14,16H,5-8,10-11H2,1-2H3,(H,19,20)(H,21,22)/t14-,16-/m1/s1. The summed E-state index contributed by atoms with van der Waals surface area (Å²) < 4.78 is 15.9. The Balaban J connectivity index is 1.84. The molecule has 7 heteroatoms. The van der Waals surface area contributed by atoms with Crippen molar-refractivity contribution in [1.29, 1.82) is 0 Å². The van der Waals surface area contributed by atoms with Crippen LogP contribution in [-0.2, 0) is 25.5 Å². The molecule has 1 saturated heterocycles. The summed E-state index contributed by atoms with van der Waals surface area (Å²) in [6.45, 7) is 2.38. The quantitative estimate of drug-likeness (QED) is 0.733. The number of carbonyl (C=O) groups is 2. The van der Waals surface area contributed by atoms with Crippen LogP contribution in [0.25, 0.3) is 0 Å². The Labute approximate surface area is 147 Å². The second-order valence-electron chi connectivity index (χ2n) is 6.08. The minimum Gasteiger partial charge on any atom is -0.496 e. The van der Waals surface area contributed by atoms with Gasteiger partial charge in [0.15, 0.2) is 0 Å². The number of rotatable bonds is 8. The molecule has 7 nitrogen and oxygen atoms in total. The van der Waals surface area contributed by atoms with Gasteiger partial charge in [-0.3, -0.25) is 4.79 Å². The van der Waals surface area contributed by atoms with E-state index in [1.165, 1.54) is 0 Å². The minimum absolute atomic E-state index is 0.0876. The highest BCUT2D eigenvalue weighted by molar-refractivity contribution is 5.76. The zero-order valence-electron chi connectivity index (χ0n) is 14.6. The number of ether oxygens (including phenoxy) is 3.